The Labute approximate surface area is 105 Å². The summed E-state index contributed by atoms with van der Waals surface area (Å²) in [5.41, 5.74) is 0. The topological polar surface area (TPSA) is 56.1 Å². The van der Waals surface area contributed by atoms with Crippen LogP contribution in [0.1, 0.15) is 34.1 Å². The average molecular weight is 239 g/mol. The van der Waals surface area contributed by atoms with E-state index in [9.17, 15) is 4.79 Å². The molecule has 0 unspecified atom stereocenters. The summed E-state index contributed by atoms with van der Waals surface area (Å²) < 4.78 is 0. The van der Waals surface area contributed by atoms with Gasteiger partial charge >= 0.3 is 0 Å². The second-order valence-electron chi connectivity index (χ2n) is 5.24. The highest BCUT2D eigenvalue weighted by atomic mass is 16.2. The number of nitrogens with one attached hydrogen (secondary N) is 1. The number of carbonyl (C=O) groups excluding carboxylic acids is 1. The zero-order valence-electron chi connectivity index (χ0n) is 11.5. The molecule has 0 saturated carbocycles. The van der Waals surface area contributed by atoms with Gasteiger partial charge in [0.15, 0.2) is 0 Å². The molecule has 0 fully saturated rings. The van der Waals surface area contributed by atoms with E-state index in [0.29, 0.717) is 37.9 Å². The van der Waals surface area contributed by atoms with Crippen molar-refractivity contribution >= 4 is 5.91 Å². The van der Waals surface area contributed by atoms with Crippen LogP contribution in [-0.4, -0.2) is 37.0 Å². The van der Waals surface area contributed by atoms with Crippen LogP contribution in [0.25, 0.3) is 0 Å². The second kappa shape index (κ2) is 9.00. The lowest BCUT2D eigenvalue weighted by atomic mass is 10.2. The molecule has 17 heavy (non-hydrogen) atoms. The number of amides is 1. The predicted octanol–water partition coefficient (Wildman–Crippen LogP) is 1.63. The van der Waals surface area contributed by atoms with E-state index in [1.165, 1.54) is 0 Å². The molecule has 0 atom stereocenters. The van der Waals surface area contributed by atoms with Crippen LogP contribution in [0.3, 0.4) is 0 Å². The Hall–Kier alpha value is -1.08. The van der Waals surface area contributed by atoms with Gasteiger partial charge in [0.2, 0.25) is 5.91 Å². The number of hydrogen-bond acceptors (Lipinski definition) is 3. The van der Waals surface area contributed by atoms with Crippen molar-refractivity contribution < 1.29 is 4.79 Å². The van der Waals surface area contributed by atoms with Crippen molar-refractivity contribution in [2.24, 2.45) is 11.8 Å². The molecule has 0 aromatic rings. The van der Waals surface area contributed by atoms with Crippen LogP contribution in [0.5, 0.6) is 0 Å². The van der Waals surface area contributed by atoms with Gasteiger partial charge in [0.25, 0.3) is 0 Å². The molecule has 4 nitrogen and oxygen atoms in total. The lowest BCUT2D eigenvalue weighted by Crippen LogP contribution is -2.40. The first-order chi connectivity index (χ1) is 7.95. The van der Waals surface area contributed by atoms with Crippen LogP contribution in [0, 0.1) is 23.2 Å². The fourth-order valence-electron chi connectivity index (χ4n) is 1.54. The highest BCUT2D eigenvalue weighted by Crippen LogP contribution is 1.99. The molecule has 0 rings (SSSR count). The van der Waals surface area contributed by atoms with Gasteiger partial charge in [-0.2, -0.15) is 5.26 Å². The molecule has 0 heterocycles. The molecule has 0 aliphatic heterocycles. The number of carbonyl (C=O) groups is 1. The van der Waals surface area contributed by atoms with E-state index in [0.717, 1.165) is 6.54 Å². The quantitative estimate of drug-likeness (QED) is 0.700. The summed E-state index contributed by atoms with van der Waals surface area (Å²) in [7, 11) is 0. The third kappa shape index (κ3) is 9.83. The number of rotatable bonds is 8. The van der Waals surface area contributed by atoms with Gasteiger partial charge in [-0.1, -0.05) is 27.7 Å². The molecule has 0 spiro atoms. The third-order valence-corrected chi connectivity index (χ3v) is 2.24. The highest BCUT2D eigenvalue weighted by Gasteiger charge is 2.11. The Balaban J connectivity index is 4.04. The van der Waals surface area contributed by atoms with Crippen molar-refractivity contribution in [1.82, 2.24) is 10.2 Å². The van der Waals surface area contributed by atoms with Gasteiger partial charge in [-0.25, -0.2) is 0 Å². The van der Waals surface area contributed by atoms with Crippen molar-refractivity contribution in [2.45, 2.75) is 34.1 Å². The van der Waals surface area contributed by atoms with E-state index in [1.54, 1.807) is 0 Å². The molecule has 0 aliphatic rings. The van der Waals surface area contributed by atoms with E-state index < -0.39 is 0 Å². The SMILES string of the molecule is CC(C)CNC(=O)CN(CCC#N)CC(C)C. The van der Waals surface area contributed by atoms with Gasteiger partial charge in [-0.15, -0.1) is 0 Å². The monoisotopic (exact) mass is 239 g/mol. The molecular weight excluding hydrogens is 214 g/mol. The third-order valence-electron chi connectivity index (χ3n) is 2.24. The molecule has 0 aromatic heterocycles. The molecule has 0 bridgehead atoms. The van der Waals surface area contributed by atoms with E-state index >= 15 is 0 Å². The van der Waals surface area contributed by atoms with Crippen LogP contribution in [0.4, 0.5) is 0 Å². The largest absolute Gasteiger partial charge is 0.355 e. The molecule has 98 valence electrons. The smallest absolute Gasteiger partial charge is 0.234 e. The molecular formula is C13H25N3O. The second-order valence-corrected chi connectivity index (χ2v) is 5.24. The van der Waals surface area contributed by atoms with Gasteiger partial charge in [-0.3, -0.25) is 9.69 Å². The molecule has 0 radical (unpaired) electrons. The van der Waals surface area contributed by atoms with Crippen LogP contribution >= 0.6 is 0 Å². The Kier molecular flexibility index (Phi) is 8.43. The average Bonchev–Trinajstić information content (AvgIpc) is 2.22. The first-order valence-electron chi connectivity index (χ1n) is 6.31. The van der Waals surface area contributed by atoms with Crippen LogP contribution in [-0.2, 0) is 4.79 Å². The molecule has 0 aromatic carbocycles. The fourth-order valence-corrected chi connectivity index (χ4v) is 1.54. The van der Waals surface area contributed by atoms with E-state index in [4.69, 9.17) is 5.26 Å². The van der Waals surface area contributed by atoms with Crippen molar-refractivity contribution in [3.8, 4) is 6.07 Å². The van der Waals surface area contributed by atoms with Gasteiger partial charge in [-0.05, 0) is 11.8 Å². The highest BCUT2D eigenvalue weighted by molar-refractivity contribution is 5.77. The zero-order valence-corrected chi connectivity index (χ0v) is 11.5. The standard InChI is InChI=1S/C13H25N3O/c1-11(2)8-15-13(17)10-16(7-5-6-14)9-12(3)4/h11-12H,5,7-10H2,1-4H3,(H,15,17). The van der Waals surface area contributed by atoms with Gasteiger partial charge in [0.1, 0.15) is 0 Å². The Bertz CT molecular complexity index is 256. The van der Waals surface area contributed by atoms with E-state index in [1.807, 2.05) is 4.90 Å². The minimum Gasteiger partial charge on any atom is -0.355 e. The maximum Gasteiger partial charge on any atom is 0.234 e. The number of nitrogens with zero attached hydrogens (tertiary/aromatic N) is 2. The summed E-state index contributed by atoms with van der Waals surface area (Å²) in [4.78, 5) is 13.7. The number of nitriles is 1. The van der Waals surface area contributed by atoms with E-state index in [-0.39, 0.29) is 5.91 Å². The van der Waals surface area contributed by atoms with Crippen molar-refractivity contribution in [2.75, 3.05) is 26.2 Å². The Morgan fingerprint density at radius 3 is 2.41 bits per heavy atom. The van der Waals surface area contributed by atoms with Gasteiger partial charge in [0.05, 0.1) is 12.6 Å². The maximum absolute atomic E-state index is 11.7. The first kappa shape index (κ1) is 15.9. The lowest BCUT2D eigenvalue weighted by molar-refractivity contribution is -0.122. The summed E-state index contributed by atoms with van der Waals surface area (Å²) in [6.07, 6.45) is 0.476. The summed E-state index contributed by atoms with van der Waals surface area (Å²) in [6, 6.07) is 2.12. The maximum atomic E-state index is 11.7. The van der Waals surface area contributed by atoms with E-state index in [2.05, 4.69) is 39.1 Å². The summed E-state index contributed by atoms with van der Waals surface area (Å²) in [5.74, 6) is 1.03. The number of hydrogen-bond donors (Lipinski definition) is 1. The van der Waals surface area contributed by atoms with Crippen LogP contribution in [0.15, 0.2) is 0 Å². The molecule has 0 aliphatic carbocycles. The van der Waals surface area contributed by atoms with Crippen molar-refractivity contribution in [3.05, 3.63) is 0 Å². The zero-order chi connectivity index (χ0) is 13.3. The first-order valence-corrected chi connectivity index (χ1v) is 6.31. The minimum atomic E-state index is 0.0530. The Morgan fingerprint density at radius 1 is 1.29 bits per heavy atom. The predicted molar refractivity (Wildman–Crippen MR) is 69.4 cm³/mol. The van der Waals surface area contributed by atoms with Crippen LogP contribution < -0.4 is 5.32 Å². The normalized spacial score (nSPS) is 10.9. The van der Waals surface area contributed by atoms with Gasteiger partial charge in [0, 0.05) is 26.1 Å². The summed E-state index contributed by atoms with van der Waals surface area (Å²) in [6.45, 7) is 11.0. The van der Waals surface area contributed by atoms with Gasteiger partial charge < -0.3 is 5.32 Å². The summed E-state index contributed by atoms with van der Waals surface area (Å²) in [5, 5.41) is 11.5. The van der Waals surface area contributed by atoms with Crippen LogP contribution in [0.2, 0.25) is 0 Å². The Morgan fingerprint density at radius 2 is 1.94 bits per heavy atom. The lowest BCUT2D eigenvalue weighted by Gasteiger charge is -2.22. The molecule has 1 amide bonds. The van der Waals surface area contributed by atoms with Crippen molar-refractivity contribution in [3.63, 3.8) is 0 Å². The minimum absolute atomic E-state index is 0.0530. The summed E-state index contributed by atoms with van der Waals surface area (Å²) >= 11 is 0. The molecule has 4 heteroatoms. The molecule has 0 saturated heterocycles. The van der Waals surface area contributed by atoms with Crippen molar-refractivity contribution in [1.29, 1.82) is 5.26 Å². The molecule has 1 N–H and O–H groups in total. The fraction of sp³-hybridized carbons (Fsp3) is 0.846.